The average Bonchev–Trinajstić information content (AvgIpc) is 3.98. The quantitative estimate of drug-likeness (QED) is 0.0224. The van der Waals surface area contributed by atoms with Crippen LogP contribution in [0.25, 0.3) is 0 Å². The van der Waals surface area contributed by atoms with E-state index in [4.69, 9.17) is 28.9 Å². The summed E-state index contributed by atoms with van der Waals surface area (Å²) in [6.07, 6.45) is 3.85. The van der Waals surface area contributed by atoms with E-state index in [-0.39, 0.29) is 29.8 Å². The van der Waals surface area contributed by atoms with Crippen LogP contribution in [0.4, 0.5) is 11.8 Å². The lowest BCUT2D eigenvalue weighted by molar-refractivity contribution is -0.783. The van der Waals surface area contributed by atoms with Gasteiger partial charge in [0.15, 0.2) is 17.6 Å². The molecule has 7 N–H and O–H groups in total. The van der Waals surface area contributed by atoms with Crippen molar-refractivity contribution in [2.45, 2.75) is 67.1 Å². The first-order valence-corrected chi connectivity index (χ1v) is 25.0. The zero-order chi connectivity index (χ0) is 53.1. The molecular weight excluding hydrogens is 1230 g/mol. The Hall–Kier alpha value is -5.59. The molecule has 1 aliphatic carbocycles. The van der Waals surface area contributed by atoms with E-state index < -0.39 is 17.6 Å². The number of hydrazone groups is 1. The maximum atomic E-state index is 11.5. The molecule has 1 aliphatic heterocycles. The van der Waals surface area contributed by atoms with Gasteiger partial charge in [0, 0.05) is 38.8 Å². The number of halogens is 6. The highest BCUT2D eigenvalue weighted by Gasteiger charge is 2.29. The van der Waals surface area contributed by atoms with Gasteiger partial charge in [-0.3, -0.25) is 18.9 Å². The number of carbonyl (C=O) groups excluding carboxylic acids is 3. The highest BCUT2D eigenvalue weighted by molar-refractivity contribution is 9.12. The van der Waals surface area contributed by atoms with Gasteiger partial charge in [0.2, 0.25) is 31.0 Å². The molecule has 71 heavy (non-hydrogen) atoms. The number of nitrogens with one attached hydrogen (secondary N) is 3. The molecule has 3 heterocycles. The Balaban J connectivity index is 0.000000240. The van der Waals surface area contributed by atoms with Crippen LogP contribution in [0.2, 0.25) is 10.2 Å². The Kier molecular flexibility index (Phi) is 24.4. The molecule has 19 nitrogen and oxygen atoms in total. The predicted octanol–water partition coefficient (Wildman–Crippen LogP) is 8.93. The summed E-state index contributed by atoms with van der Waals surface area (Å²) in [5.41, 5.74) is 13.1. The number of anilines is 2. The minimum Gasteiger partial charge on any atom is -0.506 e. The molecule has 0 fully saturated rings. The molecule has 2 aliphatic rings. The molecule has 5 aromatic rings. The van der Waals surface area contributed by atoms with Crippen LogP contribution >= 0.6 is 86.9 Å². The normalized spacial score (nSPS) is 13.2. The highest BCUT2D eigenvalue weighted by atomic mass is 79.9. The number of benzene rings is 3. The highest BCUT2D eigenvalue weighted by Crippen LogP contribution is 2.38. The van der Waals surface area contributed by atoms with Gasteiger partial charge in [-0.2, -0.15) is 10.4 Å². The number of nitrogens with zero attached hydrogens (tertiary/aromatic N) is 6. The Bertz CT molecular complexity index is 2690. The van der Waals surface area contributed by atoms with Crippen molar-refractivity contribution in [3.8, 4) is 5.75 Å². The lowest BCUT2D eigenvalue weighted by atomic mass is 9.99. The Morgan fingerprint density at radius 1 is 0.901 bits per heavy atom. The summed E-state index contributed by atoms with van der Waals surface area (Å²) in [7, 11) is 0. The summed E-state index contributed by atoms with van der Waals surface area (Å²) >= 11 is 24.4. The van der Waals surface area contributed by atoms with Crippen molar-refractivity contribution in [3.63, 3.8) is 0 Å². The fourth-order valence-electron chi connectivity index (χ4n) is 5.92. The number of H-pyrrole nitrogens is 1. The molecule has 1 unspecified atom stereocenters. The molecule has 25 heteroatoms. The van der Waals surface area contributed by atoms with Gasteiger partial charge in [-0.05, 0) is 128 Å². The minimum absolute atomic E-state index is 0.0516. The van der Waals surface area contributed by atoms with Crippen molar-refractivity contribution in [2.24, 2.45) is 5.29 Å². The van der Waals surface area contributed by atoms with Gasteiger partial charge in [-0.1, -0.05) is 93.2 Å². The molecule has 0 radical (unpaired) electrons. The van der Waals surface area contributed by atoms with Gasteiger partial charge in [0.25, 0.3) is 6.20 Å². The summed E-state index contributed by atoms with van der Waals surface area (Å²) < 4.78 is 10.2. The molecule has 0 spiro atoms. The summed E-state index contributed by atoms with van der Waals surface area (Å²) in [6.45, 7) is 13.6. The number of rotatable bonds is 12. The minimum atomic E-state index is -1.13. The number of nitrogens with two attached hydrogens (primary N) is 1. The van der Waals surface area contributed by atoms with Crippen LogP contribution in [0.3, 0.4) is 0 Å². The van der Waals surface area contributed by atoms with Crippen molar-refractivity contribution in [1.82, 2.24) is 25.7 Å². The van der Waals surface area contributed by atoms with Crippen molar-refractivity contribution in [2.75, 3.05) is 30.7 Å². The molecule has 378 valence electrons. The third-order valence-corrected chi connectivity index (χ3v) is 14.5. The van der Waals surface area contributed by atoms with E-state index in [1.807, 2.05) is 20.8 Å². The van der Waals surface area contributed by atoms with Crippen LogP contribution in [-0.4, -0.2) is 84.3 Å². The number of hydrogen-bond acceptors (Lipinski definition) is 14. The number of carboxylic acid groups (broad SMARTS) is 1. The molecule has 0 saturated carbocycles. The first kappa shape index (κ1) is 59.7. The molecule has 3 aromatic carbocycles. The maximum Gasteiger partial charge on any atom is 0.426 e. The number of hydrazine groups is 1. The van der Waals surface area contributed by atoms with Gasteiger partial charge in [0.1, 0.15) is 23.3 Å². The fraction of sp³-hybridized carbons (Fsp3) is 0.283. The van der Waals surface area contributed by atoms with E-state index in [1.54, 1.807) is 79.2 Å². The number of Topliss-reactive ketones (excluding diaryl/α,β-unsaturated/α-hetero) is 3. The third-order valence-electron chi connectivity index (χ3n) is 9.99. The number of aliphatic carboxylic acids is 1. The Morgan fingerprint density at radius 2 is 1.49 bits per heavy atom. The number of aromatic nitrogens is 4. The third kappa shape index (κ3) is 18.2. The van der Waals surface area contributed by atoms with Gasteiger partial charge in [-0.15, -0.1) is 9.59 Å². The van der Waals surface area contributed by atoms with Crippen molar-refractivity contribution < 1.29 is 43.3 Å². The van der Waals surface area contributed by atoms with Gasteiger partial charge in [0.05, 0.1) is 25.3 Å². The standard InChI is InChI=1S/C15H13ClN2O3.C9H10Br2O.C8H6Br2O2.C7H11ClN4.C7H8N4O3/c16-13-8-6-11(7-9-13)10-18(17-21)14(15(19)20)12-4-2-1-3-5-12;1-4-5(2)8(11)9(12)6(3)7(4)10;1-3-5(9)8(12)4(2)6(10)7(3)11;1-2-3-10-6-4-5(8)11-7(9)12-6;12-6-3-8-10(4-6)1-2-11-5-7(13)14-9-11/h1-9,14H,10H2,(H,19,20);12H,1-3H3;1-2H3;4H,2-3H2,1H3,(H3,9,10,11,12);4-5H,1-3H2/p+2. The number of phenols is 1. The average molecular weight is 1280 g/mol. The number of carboxylic acids is 1. The van der Waals surface area contributed by atoms with Gasteiger partial charge < -0.3 is 21.3 Å². The predicted molar refractivity (Wildman–Crippen MR) is 285 cm³/mol. The Morgan fingerprint density at radius 3 is 1.99 bits per heavy atom. The van der Waals surface area contributed by atoms with Gasteiger partial charge in [-0.25, -0.2) is 19.6 Å². The number of allylic oxidation sites excluding steroid dienone is 4. The number of carbonyl (C=O) groups is 4. The second kappa shape index (κ2) is 29.1. The van der Waals surface area contributed by atoms with Crippen LogP contribution < -0.4 is 26.8 Å². The van der Waals surface area contributed by atoms with Crippen molar-refractivity contribution in [1.29, 1.82) is 0 Å². The lowest BCUT2D eigenvalue weighted by Gasteiger charge is -2.23. The zero-order valence-electron chi connectivity index (χ0n) is 39.0. The largest absolute Gasteiger partial charge is 0.506 e. The molecule has 0 saturated heterocycles. The maximum absolute atomic E-state index is 11.5. The van der Waals surface area contributed by atoms with Crippen molar-refractivity contribution in [3.05, 3.63) is 149 Å². The van der Waals surface area contributed by atoms with Crippen LogP contribution in [0.1, 0.15) is 61.1 Å². The summed E-state index contributed by atoms with van der Waals surface area (Å²) in [4.78, 5) is 74.4. The Labute approximate surface area is 452 Å². The molecule has 1 atom stereocenters. The first-order valence-electron chi connectivity index (χ1n) is 21.1. The van der Waals surface area contributed by atoms with Crippen LogP contribution in [0, 0.1) is 25.7 Å². The second-order valence-electron chi connectivity index (χ2n) is 15.2. The van der Waals surface area contributed by atoms with E-state index in [9.17, 15) is 39.1 Å². The van der Waals surface area contributed by atoms with Crippen LogP contribution in [-0.2, 0) is 32.3 Å². The van der Waals surface area contributed by atoms with E-state index in [2.05, 4.69) is 106 Å². The molecule has 0 bridgehead atoms. The fourth-order valence-corrected chi connectivity index (χ4v) is 8.27. The smallest absolute Gasteiger partial charge is 0.426 e. The summed E-state index contributed by atoms with van der Waals surface area (Å²) in [5, 5.41) is 29.3. The zero-order valence-corrected chi connectivity index (χ0v) is 46.9. The number of aromatic hydroxyl groups is 1. The number of nitroso groups, excluding NO2 is 1. The molecule has 7 rings (SSSR count). The van der Waals surface area contributed by atoms with Crippen molar-refractivity contribution >= 4 is 128 Å². The number of ketones is 3. The van der Waals surface area contributed by atoms with E-state index in [0.29, 0.717) is 67.1 Å². The van der Waals surface area contributed by atoms with Crippen LogP contribution in [0.15, 0.2) is 111 Å². The number of hydrogen-bond donors (Lipinski definition) is 6. The second-order valence-corrected chi connectivity index (χ2v) is 19.2. The van der Waals surface area contributed by atoms with Crippen LogP contribution in [0.5, 0.6) is 5.75 Å². The SMILES string of the molecule is CC1=C(Br)C(=O)C(C)=C(Br)C1=O.CCCNc1cc(Cl)nc(N)n1.Cc1c(C)c(Br)c(O)c(C)c1Br.O=C1C=[N+](CC[n+]2cc(=O)o[nH]2)NC1.O=NN(Cc1ccc(Cl)cc1)C(C(=O)O)c1ccccc1. The molecule has 2 aromatic heterocycles. The van der Waals surface area contributed by atoms with E-state index in [1.165, 1.54) is 17.1 Å². The monoisotopic (exact) mass is 1270 g/mol. The number of aromatic amines is 1. The molecule has 0 amide bonds. The van der Waals surface area contributed by atoms with Gasteiger partial charge >= 0.3 is 11.6 Å². The topological polar surface area (TPSA) is 270 Å². The summed E-state index contributed by atoms with van der Waals surface area (Å²) in [5.74, 6) is -0.135. The summed E-state index contributed by atoms with van der Waals surface area (Å²) in [6, 6.07) is 15.9. The number of phenolic OH excluding ortho intramolecular Hbond substituents is 1. The lowest BCUT2D eigenvalue weighted by Crippen LogP contribution is -2.41. The number of nitrogen functional groups attached to an aromatic ring is 1. The van der Waals surface area contributed by atoms with E-state index >= 15 is 0 Å². The first-order chi connectivity index (χ1) is 33.5. The molecular formula is C46H50Br4Cl2N10O9+2. The van der Waals surface area contributed by atoms with E-state index in [0.717, 1.165) is 49.2 Å².